The van der Waals surface area contributed by atoms with Gasteiger partial charge in [0, 0.05) is 13.0 Å². The summed E-state index contributed by atoms with van der Waals surface area (Å²) >= 11 is 0. The van der Waals surface area contributed by atoms with Gasteiger partial charge in [-0.3, -0.25) is 0 Å². The van der Waals surface area contributed by atoms with Crippen LogP contribution in [0.3, 0.4) is 0 Å². The van der Waals surface area contributed by atoms with Gasteiger partial charge in [0.2, 0.25) is 0 Å². The lowest BCUT2D eigenvalue weighted by atomic mass is 9.87. The Morgan fingerprint density at radius 2 is 1.21 bits per heavy atom. The van der Waals surface area contributed by atoms with Crippen LogP contribution >= 0.6 is 0 Å². The predicted octanol–water partition coefficient (Wildman–Crippen LogP) is 9.60. The van der Waals surface area contributed by atoms with Crippen LogP contribution in [0.15, 0.2) is 127 Å². The number of rotatable bonds is 22. The summed E-state index contributed by atoms with van der Waals surface area (Å²) in [5, 5.41) is 26.0. The molecule has 0 bridgehead atoms. The minimum atomic E-state index is -2.85. The number of hydrogen-bond acceptors (Lipinski definition) is 7. The number of methoxy groups -OCH3 is 1. The van der Waals surface area contributed by atoms with Crippen LogP contribution < -0.4 is 15.1 Å². The van der Waals surface area contributed by atoms with Gasteiger partial charge in [0.1, 0.15) is 11.9 Å². The molecular formula is C49H70O7Si2. The second-order valence-corrected chi connectivity index (χ2v) is 27.2. The lowest BCUT2D eigenvalue weighted by molar-refractivity contribution is -0.160. The average Bonchev–Trinajstić information content (AvgIpc) is 3.17. The minimum Gasteiger partial charge on any atom is -0.497 e. The van der Waals surface area contributed by atoms with Crippen molar-refractivity contribution in [2.45, 2.75) is 128 Å². The number of ether oxygens (including phenoxy) is 3. The first-order chi connectivity index (χ1) is 27.4. The van der Waals surface area contributed by atoms with E-state index in [0.717, 1.165) is 16.9 Å². The largest absolute Gasteiger partial charge is 0.497 e. The molecule has 0 aromatic heterocycles. The Labute approximate surface area is 351 Å². The van der Waals surface area contributed by atoms with Crippen LogP contribution in [0.5, 0.6) is 5.75 Å². The van der Waals surface area contributed by atoms with Gasteiger partial charge in [-0.05, 0) is 76.6 Å². The summed E-state index contributed by atoms with van der Waals surface area (Å²) in [7, 11) is -3.61. The Kier molecular flexibility index (Phi) is 17.3. The van der Waals surface area contributed by atoms with Crippen LogP contribution in [0.2, 0.25) is 23.2 Å². The smallest absolute Gasteiger partial charge is 0.261 e. The Hall–Kier alpha value is -3.39. The Morgan fingerprint density at radius 3 is 1.72 bits per heavy atom. The number of benzene rings is 4. The molecule has 0 amide bonds. The predicted molar refractivity (Wildman–Crippen MR) is 243 cm³/mol. The molecule has 0 aliphatic rings. The van der Waals surface area contributed by atoms with Crippen molar-refractivity contribution in [3.63, 3.8) is 0 Å². The van der Waals surface area contributed by atoms with E-state index in [1.165, 1.54) is 10.4 Å². The van der Waals surface area contributed by atoms with Crippen molar-refractivity contribution in [2.75, 3.05) is 20.3 Å². The fourth-order valence-corrected chi connectivity index (χ4v) is 13.2. The summed E-state index contributed by atoms with van der Waals surface area (Å²) in [4.78, 5) is 0. The van der Waals surface area contributed by atoms with Gasteiger partial charge in [-0.15, -0.1) is 0 Å². The molecule has 0 saturated heterocycles. The first kappa shape index (κ1) is 47.3. The van der Waals surface area contributed by atoms with Gasteiger partial charge in [0.25, 0.3) is 8.32 Å². The first-order valence-corrected chi connectivity index (χ1v) is 25.6. The zero-order chi connectivity index (χ0) is 42.5. The second kappa shape index (κ2) is 21.2. The van der Waals surface area contributed by atoms with Crippen molar-refractivity contribution in [3.05, 3.63) is 139 Å². The minimum absolute atomic E-state index is 0.0581. The molecule has 4 rings (SSSR count). The number of aliphatic hydroxyl groups is 2. The van der Waals surface area contributed by atoms with Crippen molar-refractivity contribution in [3.8, 4) is 5.75 Å². The van der Waals surface area contributed by atoms with E-state index in [4.69, 9.17) is 23.1 Å². The molecule has 0 heterocycles. The number of hydrogen-bond donors (Lipinski definition) is 2. The van der Waals surface area contributed by atoms with E-state index in [0.29, 0.717) is 32.7 Å². The summed E-state index contributed by atoms with van der Waals surface area (Å²) in [6, 6.07) is 39.1. The maximum Gasteiger partial charge on any atom is 0.261 e. The molecule has 0 aliphatic heterocycles. The highest BCUT2D eigenvalue weighted by molar-refractivity contribution is 6.99. The highest BCUT2D eigenvalue weighted by Gasteiger charge is 2.51. The molecule has 4 aromatic rings. The molecule has 0 radical (unpaired) electrons. The molecule has 0 spiro atoms. The van der Waals surface area contributed by atoms with Crippen LogP contribution in [0, 0.1) is 0 Å². The fraction of sp³-hybridized carbons (Fsp3) is 0.469. The van der Waals surface area contributed by atoms with Gasteiger partial charge in [-0.25, -0.2) is 0 Å². The van der Waals surface area contributed by atoms with E-state index < -0.39 is 40.5 Å². The third-order valence-electron chi connectivity index (χ3n) is 11.5. The van der Waals surface area contributed by atoms with Crippen molar-refractivity contribution in [1.29, 1.82) is 0 Å². The summed E-state index contributed by atoms with van der Waals surface area (Å²) in [6.07, 6.45) is 2.61. The van der Waals surface area contributed by atoms with Crippen LogP contribution in [0.1, 0.15) is 78.9 Å². The van der Waals surface area contributed by atoms with E-state index >= 15 is 0 Å². The topological polar surface area (TPSA) is 86.6 Å². The van der Waals surface area contributed by atoms with Crippen molar-refractivity contribution < 1.29 is 33.3 Å². The lowest BCUT2D eigenvalue weighted by Gasteiger charge is -2.46. The third kappa shape index (κ3) is 13.1. The summed E-state index contributed by atoms with van der Waals surface area (Å²) < 4.78 is 32.6. The zero-order valence-corrected chi connectivity index (χ0v) is 38.7. The highest BCUT2D eigenvalue weighted by Crippen LogP contribution is 2.41. The zero-order valence-electron chi connectivity index (χ0n) is 36.7. The standard InChI is InChI=1S/C49H70O7Si2/c1-47(2,3)57(9,10)56-45(33-35-55-58(48(4,5)6,43-25-16-12-17-26-43)44-27-18-13-19-28-44)46(54-38-39-22-14-11-15-23-39)49(7,51)36-41(50)24-20-21-34-53-37-40-29-31-42(52-8)32-30-40/h11-20,22-32,41,45-46,50-51H,21,33-38H2,1-10H3/b24-20+/t41-,45+,46+,49-/m1/s1. The Balaban J connectivity index is 1.60. The third-order valence-corrected chi connectivity index (χ3v) is 21.0. The molecule has 0 aliphatic carbocycles. The monoisotopic (exact) mass is 826 g/mol. The summed E-state index contributed by atoms with van der Waals surface area (Å²) in [6.45, 7) is 21.4. The molecule has 0 fully saturated rings. The number of aliphatic hydroxyl groups excluding tert-OH is 1. The maximum atomic E-state index is 12.5. The second-order valence-electron chi connectivity index (χ2n) is 18.2. The van der Waals surface area contributed by atoms with E-state index in [-0.39, 0.29) is 23.1 Å². The molecular weight excluding hydrogens is 757 g/mol. The lowest BCUT2D eigenvalue weighted by Crippen LogP contribution is -2.66. The fourth-order valence-electron chi connectivity index (χ4n) is 7.29. The van der Waals surface area contributed by atoms with Crippen LogP contribution in [-0.4, -0.2) is 71.1 Å². The molecule has 58 heavy (non-hydrogen) atoms. The van der Waals surface area contributed by atoms with Crippen molar-refractivity contribution in [1.82, 2.24) is 0 Å². The van der Waals surface area contributed by atoms with E-state index in [1.807, 2.05) is 60.7 Å². The van der Waals surface area contributed by atoms with Gasteiger partial charge in [-0.2, -0.15) is 0 Å². The molecule has 4 atom stereocenters. The van der Waals surface area contributed by atoms with Crippen LogP contribution in [-0.2, 0) is 31.5 Å². The summed E-state index contributed by atoms with van der Waals surface area (Å²) in [5.74, 6) is 0.811. The first-order valence-electron chi connectivity index (χ1n) is 20.8. The molecule has 0 saturated carbocycles. The molecule has 9 heteroatoms. The van der Waals surface area contributed by atoms with Crippen molar-refractivity contribution >= 4 is 27.0 Å². The highest BCUT2D eigenvalue weighted by atomic mass is 28.4. The molecule has 7 nitrogen and oxygen atoms in total. The van der Waals surface area contributed by atoms with E-state index in [9.17, 15) is 10.2 Å². The summed E-state index contributed by atoms with van der Waals surface area (Å²) in [5.41, 5.74) is 0.593. The molecule has 316 valence electrons. The van der Waals surface area contributed by atoms with Gasteiger partial charge in [0.15, 0.2) is 8.32 Å². The van der Waals surface area contributed by atoms with Gasteiger partial charge >= 0.3 is 0 Å². The quantitative estimate of drug-likeness (QED) is 0.0464. The Morgan fingerprint density at radius 1 is 0.672 bits per heavy atom. The van der Waals surface area contributed by atoms with Gasteiger partial charge in [0.05, 0.1) is 44.7 Å². The molecule has 4 aromatic carbocycles. The van der Waals surface area contributed by atoms with Crippen LogP contribution in [0.4, 0.5) is 0 Å². The van der Waals surface area contributed by atoms with Crippen LogP contribution in [0.25, 0.3) is 0 Å². The maximum absolute atomic E-state index is 12.5. The molecule has 0 unspecified atom stereocenters. The van der Waals surface area contributed by atoms with Gasteiger partial charge in [-0.1, -0.05) is 157 Å². The molecule has 2 N–H and O–H groups in total. The van der Waals surface area contributed by atoms with Gasteiger partial charge < -0.3 is 33.3 Å². The SMILES string of the molecule is COc1ccc(COCC/C=C/[C@@H](O)C[C@@](C)(O)[C@@H](OCc2ccccc2)[C@H](CCO[Si](c2ccccc2)(c2ccccc2)C(C)(C)C)O[Si](C)(C)C(C)(C)C)cc1. The normalized spacial score (nSPS) is 15.5. The van der Waals surface area contributed by atoms with E-state index in [1.54, 1.807) is 20.1 Å². The average molecular weight is 827 g/mol. The van der Waals surface area contributed by atoms with Crippen molar-refractivity contribution in [2.24, 2.45) is 0 Å². The van der Waals surface area contributed by atoms with E-state index in [2.05, 4.69) is 115 Å². The Bertz CT molecular complexity index is 1740.